The molecule has 0 radical (unpaired) electrons. The summed E-state index contributed by atoms with van der Waals surface area (Å²) in [5.74, 6) is 0.789. The van der Waals surface area contributed by atoms with E-state index in [1.165, 1.54) is 16.1 Å². The molecule has 3 aromatic rings. The lowest BCUT2D eigenvalue weighted by Crippen LogP contribution is -2.30. The average molecular weight is 488 g/mol. The molecule has 3 rings (SSSR count). The first-order chi connectivity index (χ1) is 15.6. The molecule has 0 spiro atoms. The normalized spacial score (nSPS) is 11.6. The van der Waals surface area contributed by atoms with Crippen molar-refractivity contribution in [2.24, 2.45) is 7.05 Å². The molecule has 0 aliphatic rings. The molecule has 0 fully saturated rings. The molecule has 2 aromatic carbocycles. The van der Waals surface area contributed by atoms with E-state index in [9.17, 15) is 13.2 Å². The topological polar surface area (TPSA) is 97.2 Å². The zero-order chi connectivity index (χ0) is 24.2. The monoisotopic (exact) mass is 487 g/mol. The van der Waals surface area contributed by atoms with Gasteiger partial charge in [0.05, 0.1) is 24.2 Å². The lowest BCUT2D eigenvalue weighted by atomic mass is 10.0. The fourth-order valence-electron chi connectivity index (χ4n) is 3.28. The summed E-state index contributed by atoms with van der Waals surface area (Å²) in [6.07, 6.45) is 1.16. The van der Waals surface area contributed by atoms with Crippen LogP contribution in [0.4, 0.5) is 11.4 Å². The number of benzene rings is 2. The molecule has 1 N–H and O–H groups in total. The SMILES string of the molecule is Cc1ccc(N(Cc2nnc(SCC(=O)Nc3ccccc3C(C)C)n2C)S(C)(=O)=O)cc1. The third-order valence-electron chi connectivity index (χ3n) is 5.12. The van der Waals surface area contributed by atoms with Crippen molar-refractivity contribution >= 4 is 39.1 Å². The van der Waals surface area contributed by atoms with Gasteiger partial charge in [-0.2, -0.15) is 0 Å². The van der Waals surface area contributed by atoms with Crippen LogP contribution in [-0.2, 0) is 28.4 Å². The Balaban J connectivity index is 1.69. The fraction of sp³-hybridized carbons (Fsp3) is 0.348. The van der Waals surface area contributed by atoms with Gasteiger partial charge in [0, 0.05) is 12.7 Å². The average Bonchev–Trinajstić information content (AvgIpc) is 3.10. The highest BCUT2D eigenvalue weighted by atomic mass is 32.2. The molecule has 8 nitrogen and oxygen atoms in total. The van der Waals surface area contributed by atoms with Crippen molar-refractivity contribution in [3.05, 3.63) is 65.5 Å². The van der Waals surface area contributed by atoms with Gasteiger partial charge in [-0.25, -0.2) is 8.42 Å². The zero-order valence-electron chi connectivity index (χ0n) is 19.4. The molecule has 1 aromatic heterocycles. The molecule has 10 heteroatoms. The third kappa shape index (κ3) is 6.35. The first-order valence-electron chi connectivity index (χ1n) is 10.5. The molecule has 33 heavy (non-hydrogen) atoms. The summed E-state index contributed by atoms with van der Waals surface area (Å²) in [6.45, 7) is 6.15. The van der Waals surface area contributed by atoms with Gasteiger partial charge in [-0.1, -0.05) is 61.5 Å². The smallest absolute Gasteiger partial charge is 0.234 e. The Labute approximate surface area is 199 Å². The Bertz CT molecular complexity index is 1220. The van der Waals surface area contributed by atoms with Crippen molar-refractivity contribution in [3.8, 4) is 0 Å². The van der Waals surface area contributed by atoms with Crippen molar-refractivity contribution in [1.29, 1.82) is 0 Å². The Kier molecular flexibility index (Phi) is 7.80. The van der Waals surface area contributed by atoms with Gasteiger partial charge in [-0.05, 0) is 36.6 Å². The van der Waals surface area contributed by atoms with Gasteiger partial charge in [0.25, 0.3) is 0 Å². The van der Waals surface area contributed by atoms with Crippen LogP contribution in [0.1, 0.15) is 36.7 Å². The largest absolute Gasteiger partial charge is 0.325 e. The summed E-state index contributed by atoms with van der Waals surface area (Å²) in [5, 5.41) is 11.8. The van der Waals surface area contributed by atoms with E-state index in [-0.39, 0.29) is 18.2 Å². The van der Waals surface area contributed by atoms with Gasteiger partial charge in [-0.3, -0.25) is 9.10 Å². The first-order valence-corrected chi connectivity index (χ1v) is 13.3. The lowest BCUT2D eigenvalue weighted by molar-refractivity contribution is -0.113. The third-order valence-corrected chi connectivity index (χ3v) is 7.28. The molecule has 1 heterocycles. The molecular formula is C23H29N5O3S2. The predicted octanol–water partition coefficient (Wildman–Crippen LogP) is 3.94. The maximum Gasteiger partial charge on any atom is 0.234 e. The number of amides is 1. The number of para-hydroxylation sites is 1. The van der Waals surface area contributed by atoms with Crippen LogP contribution < -0.4 is 9.62 Å². The molecule has 1 amide bonds. The quantitative estimate of drug-likeness (QED) is 0.459. The van der Waals surface area contributed by atoms with Crippen molar-refractivity contribution in [2.75, 3.05) is 21.6 Å². The Morgan fingerprint density at radius 1 is 1.12 bits per heavy atom. The van der Waals surface area contributed by atoms with Crippen LogP contribution >= 0.6 is 11.8 Å². The van der Waals surface area contributed by atoms with Gasteiger partial charge in [0.2, 0.25) is 15.9 Å². The van der Waals surface area contributed by atoms with Crippen molar-refractivity contribution in [3.63, 3.8) is 0 Å². The van der Waals surface area contributed by atoms with E-state index in [0.717, 1.165) is 23.1 Å². The van der Waals surface area contributed by atoms with Crippen molar-refractivity contribution in [1.82, 2.24) is 14.8 Å². The van der Waals surface area contributed by atoms with Crippen LogP contribution in [0.2, 0.25) is 0 Å². The highest BCUT2D eigenvalue weighted by molar-refractivity contribution is 7.99. The van der Waals surface area contributed by atoms with E-state index in [1.807, 2.05) is 43.3 Å². The summed E-state index contributed by atoms with van der Waals surface area (Å²) >= 11 is 1.25. The van der Waals surface area contributed by atoms with Crippen LogP contribution in [-0.4, -0.2) is 41.1 Å². The second-order valence-electron chi connectivity index (χ2n) is 8.14. The number of carbonyl (C=O) groups is 1. The number of sulfonamides is 1. The molecule has 0 bridgehead atoms. The number of nitrogens with one attached hydrogen (secondary N) is 1. The molecule has 0 saturated carbocycles. The molecule has 0 saturated heterocycles. The summed E-state index contributed by atoms with van der Waals surface area (Å²) in [4.78, 5) is 12.5. The minimum Gasteiger partial charge on any atom is -0.325 e. The highest BCUT2D eigenvalue weighted by Crippen LogP contribution is 2.25. The molecule has 0 atom stereocenters. The molecule has 0 unspecified atom stereocenters. The summed E-state index contributed by atoms with van der Waals surface area (Å²) in [7, 11) is -1.76. The predicted molar refractivity (Wildman–Crippen MR) is 133 cm³/mol. The summed E-state index contributed by atoms with van der Waals surface area (Å²) in [6, 6.07) is 15.0. The van der Waals surface area contributed by atoms with E-state index in [2.05, 4.69) is 29.4 Å². The van der Waals surface area contributed by atoms with Crippen LogP contribution in [0.15, 0.2) is 53.7 Å². The number of carbonyl (C=O) groups excluding carboxylic acids is 1. The maximum absolute atomic E-state index is 12.5. The van der Waals surface area contributed by atoms with Gasteiger partial charge in [0.15, 0.2) is 11.0 Å². The number of aryl methyl sites for hydroxylation is 1. The first kappa shape index (κ1) is 24.8. The van der Waals surface area contributed by atoms with Crippen LogP contribution in [0, 0.1) is 6.92 Å². The van der Waals surface area contributed by atoms with Crippen molar-refractivity contribution in [2.45, 2.75) is 38.4 Å². The van der Waals surface area contributed by atoms with E-state index in [1.54, 1.807) is 23.7 Å². The Morgan fingerprint density at radius 3 is 2.42 bits per heavy atom. The van der Waals surface area contributed by atoms with Crippen LogP contribution in [0.3, 0.4) is 0 Å². The van der Waals surface area contributed by atoms with E-state index < -0.39 is 10.0 Å². The maximum atomic E-state index is 12.5. The number of anilines is 2. The molecule has 176 valence electrons. The second kappa shape index (κ2) is 10.4. The summed E-state index contributed by atoms with van der Waals surface area (Å²) in [5.41, 5.74) is 3.48. The second-order valence-corrected chi connectivity index (χ2v) is 11.0. The molecule has 0 aliphatic carbocycles. The number of hydrogen-bond donors (Lipinski definition) is 1. The number of thioether (sulfide) groups is 1. The number of rotatable bonds is 9. The Hall–Kier alpha value is -2.85. The van der Waals surface area contributed by atoms with Crippen LogP contribution in [0.5, 0.6) is 0 Å². The number of aromatic nitrogens is 3. The van der Waals surface area contributed by atoms with E-state index in [0.29, 0.717) is 22.6 Å². The molecule has 0 aliphatic heterocycles. The lowest BCUT2D eigenvalue weighted by Gasteiger charge is -2.22. The van der Waals surface area contributed by atoms with Crippen LogP contribution in [0.25, 0.3) is 0 Å². The standard InChI is InChI=1S/C23H29N5O3S2/c1-16(2)19-8-6-7-9-20(19)24-22(29)15-32-23-26-25-21(27(23)4)14-28(33(5,30)31)18-12-10-17(3)11-13-18/h6-13,16H,14-15H2,1-5H3,(H,24,29). The van der Waals surface area contributed by atoms with Crippen molar-refractivity contribution < 1.29 is 13.2 Å². The molecular weight excluding hydrogens is 458 g/mol. The number of nitrogens with zero attached hydrogens (tertiary/aromatic N) is 4. The Morgan fingerprint density at radius 2 is 1.79 bits per heavy atom. The fourth-order valence-corrected chi connectivity index (χ4v) is 4.86. The number of hydrogen-bond acceptors (Lipinski definition) is 6. The van der Waals surface area contributed by atoms with Gasteiger partial charge < -0.3 is 9.88 Å². The van der Waals surface area contributed by atoms with Gasteiger partial charge in [0.1, 0.15) is 0 Å². The highest BCUT2D eigenvalue weighted by Gasteiger charge is 2.22. The minimum atomic E-state index is -3.53. The van der Waals surface area contributed by atoms with E-state index in [4.69, 9.17) is 0 Å². The van der Waals surface area contributed by atoms with Gasteiger partial charge >= 0.3 is 0 Å². The minimum absolute atomic E-state index is 0.0416. The summed E-state index contributed by atoms with van der Waals surface area (Å²) < 4.78 is 27.8. The zero-order valence-corrected chi connectivity index (χ0v) is 21.1. The van der Waals surface area contributed by atoms with E-state index >= 15 is 0 Å². The van der Waals surface area contributed by atoms with Gasteiger partial charge in [-0.15, -0.1) is 10.2 Å².